The molecular formula is C11H18ClN3O2. The van der Waals surface area contributed by atoms with Crippen LogP contribution in [-0.2, 0) is 4.74 Å². The number of halogens is 1. The first kappa shape index (κ1) is 14.0. The van der Waals surface area contributed by atoms with Crippen LogP contribution in [0.5, 0.6) is 5.88 Å². The van der Waals surface area contributed by atoms with Crippen molar-refractivity contribution in [1.82, 2.24) is 9.97 Å². The van der Waals surface area contributed by atoms with E-state index in [0.29, 0.717) is 24.8 Å². The number of anilines is 1. The van der Waals surface area contributed by atoms with Crippen molar-refractivity contribution >= 4 is 17.4 Å². The molecule has 0 fully saturated rings. The lowest BCUT2D eigenvalue weighted by Crippen LogP contribution is -2.19. The molecule has 0 bridgehead atoms. The SMILES string of the molecule is COCC(Cl)CNc1cc(OC(C)C)ncn1. The van der Waals surface area contributed by atoms with E-state index in [2.05, 4.69) is 15.3 Å². The topological polar surface area (TPSA) is 56.3 Å². The molecule has 96 valence electrons. The van der Waals surface area contributed by atoms with Crippen molar-refractivity contribution in [1.29, 1.82) is 0 Å². The van der Waals surface area contributed by atoms with Gasteiger partial charge in [0.05, 0.1) is 18.1 Å². The molecule has 0 saturated heterocycles. The molecule has 0 aliphatic carbocycles. The minimum Gasteiger partial charge on any atom is -0.475 e. The van der Waals surface area contributed by atoms with E-state index < -0.39 is 0 Å². The van der Waals surface area contributed by atoms with Gasteiger partial charge in [-0.05, 0) is 13.8 Å². The van der Waals surface area contributed by atoms with E-state index in [1.54, 1.807) is 13.2 Å². The van der Waals surface area contributed by atoms with Crippen LogP contribution in [0.1, 0.15) is 13.8 Å². The van der Waals surface area contributed by atoms with Gasteiger partial charge in [0.15, 0.2) is 0 Å². The molecule has 1 N–H and O–H groups in total. The van der Waals surface area contributed by atoms with Gasteiger partial charge in [-0.25, -0.2) is 9.97 Å². The van der Waals surface area contributed by atoms with Gasteiger partial charge in [0, 0.05) is 19.7 Å². The molecule has 0 radical (unpaired) electrons. The largest absolute Gasteiger partial charge is 0.475 e. The number of rotatable bonds is 7. The molecule has 1 rings (SSSR count). The molecular weight excluding hydrogens is 242 g/mol. The van der Waals surface area contributed by atoms with Crippen LogP contribution in [0.25, 0.3) is 0 Å². The minimum atomic E-state index is -0.0931. The van der Waals surface area contributed by atoms with E-state index >= 15 is 0 Å². The Kier molecular flexibility index (Phi) is 6.00. The van der Waals surface area contributed by atoms with Crippen molar-refractivity contribution < 1.29 is 9.47 Å². The number of nitrogens with zero attached hydrogens (tertiary/aromatic N) is 2. The van der Waals surface area contributed by atoms with Gasteiger partial charge >= 0.3 is 0 Å². The standard InChI is InChI=1S/C11H18ClN3O2/c1-8(2)17-11-4-10(14-7-15-11)13-5-9(12)6-16-3/h4,7-9H,5-6H2,1-3H3,(H,13,14,15). The summed E-state index contributed by atoms with van der Waals surface area (Å²) < 4.78 is 10.4. The van der Waals surface area contributed by atoms with E-state index in [9.17, 15) is 0 Å². The smallest absolute Gasteiger partial charge is 0.218 e. The van der Waals surface area contributed by atoms with E-state index in [4.69, 9.17) is 21.1 Å². The van der Waals surface area contributed by atoms with Crippen LogP contribution in [0, 0.1) is 0 Å². The predicted octanol–water partition coefficient (Wildman–Crippen LogP) is 1.93. The summed E-state index contributed by atoms with van der Waals surface area (Å²) >= 11 is 5.99. The second-order valence-electron chi connectivity index (χ2n) is 3.84. The van der Waals surface area contributed by atoms with Crippen molar-refractivity contribution in [3.05, 3.63) is 12.4 Å². The summed E-state index contributed by atoms with van der Waals surface area (Å²) in [6, 6.07) is 1.75. The third-order valence-electron chi connectivity index (χ3n) is 1.85. The molecule has 0 aromatic carbocycles. The lowest BCUT2D eigenvalue weighted by Gasteiger charge is -2.12. The molecule has 1 unspecified atom stereocenters. The summed E-state index contributed by atoms with van der Waals surface area (Å²) in [7, 11) is 1.62. The van der Waals surface area contributed by atoms with Crippen molar-refractivity contribution in [3.63, 3.8) is 0 Å². The molecule has 0 aliphatic rings. The highest BCUT2D eigenvalue weighted by Crippen LogP contribution is 2.12. The van der Waals surface area contributed by atoms with E-state index in [1.165, 1.54) is 6.33 Å². The molecule has 0 aliphatic heterocycles. The van der Waals surface area contributed by atoms with Gasteiger partial charge in [0.1, 0.15) is 12.1 Å². The molecule has 5 nitrogen and oxygen atoms in total. The second kappa shape index (κ2) is 7.29. The van der Waals surface area contributed by atoms with Gasteiger partial charge in [0.25, 0.3) is 0 Å². The predicted molar refractivity (Wildman–Crippen MR) is 67.8 cm³/mol. The number of hydrogen-bond acceptors (Lipinski definition) is 5. The van der Waals surface area contributed by atoms with Crippen LogP contribution in [0.15, 0.2) is 12.4 Å². The number of alkyl halides is 1. The Balaban J connectivity index is 2.48. The molecule has 0 amide bonds. The van der Waals surface area contributed by atoms with Crippen molar-refractivity contribution in [2.75, 3.05) is 25.6 Å². The Labute approximate surface area is 107 Å². The fourth-order valence-corrected chi connectivity index (χ4v) is 1.40. The zero-order valence-corrected chi connectivity index (χ0v) is 11.1. The van der Waals surface area contributed by atoms with Gasteiger partial charge in [-0.15, -0.1) is 11.6 Å². The Morgan fingerprint density at radius 3 is 2.82 bits per heavy atom. The second-order valence-corrected chi connectivity index (χ2v) is 4.46. The lowest BCUT2D eigenvalue weighted by molar-refractivity contribution is 0.200. The molecule has 1 aromatic rings. The van der Waals surface area contributed by atoms with Crippen molar-refractivity contribution in [3.8, 4) is 5.88 Å². The Morgan fingerprint density at radius 1 is 1.41 bits per heavy atom. The van der Waals surface area contributed by atoms with Crippen molar-refractivity contribution in [2.45, 2.75) is 25.3 Å². The van der Waals surface area contributed by atoms with E-state index in [1.807, 2.05) is 13.8 Å². The van der Waals surface area contributed by atoms with E-state index in [-0.39, 0.29) is 11.5 Å². The zero-order valence-electron chi connectivity index (χ0n) is 10.3. The van der Waals surface area contributed by atoms with Crippen LogP contribution in [-0.4, -0.2) is 41.7 Å². The summed E-state index contributed by atoms with van der Waals surface area (Å²) in [5, 5.41) is 3.01. The monoisotopic (exact) mass is 259 g/mol. The molecule has 1 heterocycles. The molecule has 1 atom stereocenters. The van der Waals surface area contributed by atoms with Gasteiger partial charge in [-0.2, -0.15) is 0 Å². The average molecular weight is 260 g/mol. The first-order valence-electron chi connectivity index (χ1n) is 5.47. The van der Waals surface area contributed by atoms with Gasteiger partial charge < -0.3 is 14.8 Å². The van der Waals surface area contributed by atoms with Crippen LogP contribution in [0.2, 0.25) is 0 Å². The lowest BCUT2D eigenvalue weighted by atomic mass is 10.4. The fraction of sp³-hybridized carbons (Fsp3) is 0.636. The number of aromatic nitrogens is 2. The van der Waals surface area contributed by atoms with Gasteiger partial charge in [0.2, 0.25) is 5.88 Å². The van der Waals surface area contributed by atoms with Crippen LogP contribution in [0.4, 0.5) is 5.82 Å². The Bertz CT molecular complexity index is 336. The quantitative estimate of drug-likeness (QED) is 0.759. The maximum absolute atomic E-state index is 5.99. The van der Waals surface area contributed by atoms with Crippen LogP contribution in [0.3, 0.4) is 0 Å². The van der Waals surface area contributed by atoms with Crippen LogP contribution >= 0.6 is 11.6 Å². The maximum atomic E-state index is 5.99. The molecule has 17 heavy (non-hydrogen) atoms. The molecule has 0 spiro atoms. The first-order chi connectivity index (χ1) is 8.11. The molecule has 0 saturated carbocycles. The molecule has 6 heteroatoms. The van der Waals surface area contributed by atoms with Gasteiger partial charge in [-0.1, -0.05) is 0 Å². The summed E-state index contributed by atoms with van der Waals surface area (Å²) in [6.45, 7) is 4.97. The Hall–Kier alpha value is -1.07. The van der Waals surface area contributed by atoms with Crippen molar-refractivity contribution in [2.24, 2.45) is 0 Å². The highest BCUT2D eigenvalue weighted by Gasteiger charge is 2.05. The minimum absolute atomic E-state index is 0.0898. The maximum Gasteiger partial charge on any atom is 0.218 e. The summed E-state index contributed by atoms with van der Waals surface area (Å²) in [4.78, 5) is 8.09. The number of hydrogen-bond donors (Lipinski definition) is 1. The zero-order chi connectivity index (χ0) is 12.7. The summed E-state index contributed by atoms with van der Waals surface area (Å²) in [5.41, 5.74) is 0. The van der Waals surface area contributed by atoms with Gasteiger partial charge in [-0.3, -0.25) is 0 Å². The normalized spacial score (nSPS) is 12.5. The van der Waals surface area contributed by atoms with E-state index in [0.717, 1.165) is 0 Å². The third-order valence-corrected chi connectivity index (χ3v) is 2.13. The fourth-order valence-electron chi connectivity index (χ4n) is 1.20. The Morgan fingerprint density at radius 2 is 2.18 bits per heavy atom. The number of nitrogens with one attached hydrogen (secondary N) is 1. The number of ether oxygens (including phenoxy) is 2. The highest BCUT2D eigenvalue weighted by molar-refractivity contribution is 6.21. The number of methoxy groups -OCH3 is 1. The summed E-state index contributed by atoms with van der Waals surface area (Å²) in [5.74, 6) is 1.24. The summed E-state index contributed by atoms with van der Waals surface area (Å²) in [6.07, 6.45) is 1.55. The first-order valence-corrected chi connectivity index (χ1v) is 5.91. The highest BCUT2D eigenvalue weighted by atomic mass is 35.5. The third kappa shape index (κ3) is 5.70. The average Bonchev–Trinajstić information content (AvgIpc) is 2.26. The molecule has 1 aromatic heterocycles. The van der Waals surface area contributed by atoms with Crippen LogP contribution < -0.4 is 10.1 Å².